The van der Waals surface area contributed by atoms with Crippen molar-refractivity contribution in [3.8, 4) is 11.6 Å². The average molecular weight is 409 g/mol. The van der Waals surface area contributed by atoms with Crippen LogP contribution in [-0.4, -0.2) is 61.8 Å². The zero-order valence-corrected chi connectivity index (χ0v) is 16.9. The Labute approximate surface area is 170 Å². The van der Waals surface area contributed by atoms with Gasteiger partial charge in [-0.1, -0.05) is 0 Å². The molecule has 5 rings (SSSR count). The Balaban J connectivity index is 1.34. The fourth-order valence-electron chi connectivity index (χ4n) is 3.52. The zero-order valence-electron chi connectivity index (χ0n) is 16.1. The first-order valence-electron chi connectivity index (χ1n) is 9.35. The van der Waals surface area contributed by atoms with Crippen LogP contribution in [-0.2, 0) is 0 Å². The second-order valence-corrected chi connectivity index (χ2v) is 8.09. The lowest BCUT2D eigenvalue weighted by molar-refractivity contribution is 0.0750. The van der Waals surface area contributed by atoms with Gasteiger partial charge in [0.15, 0.2) is 11.4 Å². The summed E-state index contributed by atoms with van der Waals surface area (Å²) in [4.78, 5) is 22.0. The van der Waals surface area contributed by atoms with E-state index in [0.717, 1.165) is 21.4 Å². The largest absolute Gasteiger partial charge is 0.461 e. The predicted octanol–water partition coefficient (Wildman–Crippen LogP) is 2.42. The molecule has 0 saturated carbocycles. The lowest BCUT2D eigenvalue weighted by Crippen LogP contribution is -2.49. The molecule has 5 heterocycles. The Kier molecular flexibility index (Phi) is 4.27. The number of fused-ring (bicyclic) bond motifs is 1. The molecule has 0 aliphatic carbocycles. The first-order valence-corrected chi connectivity index (χ1v) is 10.2. The molecule has 0 radical (unpaired) electrons. The minimum absolute atomic E-state index is 0.0649. The number of carbonyl (C=O) groups is 1. The van der Waals surface area contributed by atoms with Gasteiger partial charge in [0.05, 0.1) is 17.0 Å². The number of furan rings is 1. The van der Waals surface area contributed by atoms with Crippen molar-refractivity contribution in [1.82, 2.24) is 29.7 Å². The SMILES string of the molecule is Cc1nc(C)c(C(=O)N2CCN(c3ccc4nnc(-c5ccco5)n4n3)CC2)s1. The number of anilines is 1. The minimum Gasteiger partial charge on any atom is -0.461 e. The normalized spacial score (nSPS) is 14.7. The lowest BCUT2D eigenvalue weighted by atomic mass is 10.2. The van der Waals surface area contributed by atoms with Gasteiger partial charge in [-0.3, -0.25) is 4.79 Å². The van der Waals surface area contributed by atoms with E-state index < -0.39 is 0 Å². The molecular weight excluding hydrogens is 390 g/mol. The van der Waals surface area contributed by atoms with Gasteiger partial charge in [0.1, 0.15) is 10.7 Å². The van der Waals surface area contributed by atoms with Crippen LogP contribution in [0.5, 0.6) is 0 Å². The molecular formula is C19H19N7O2S. The van der Waals surface area contributed by atoms with E-state index in [1.54, 1.807) is 10.8 Å². The van der Waals surface area contributed by atoms with Crippen molar-refractivity contribution in [3.05, 3.63) is 46.1 Å². The van der Waals surface area contributed by atoms with Crippen LogP contribution >= 0.6 is 11.3 Å². The van der Waals surface area contributed by atoms with E-state index in [-0.39, 0.29) is 5.91 Å². The highest BCUT2D eigenvalue weighted by Crippen LogP contribution is 2.23. The number of nitrogens with zero attached hydrogens (tertiary/aromatic N) is 7. The standard InChI is InChI=1S/C19H19N7O2S/c1-12-17(29-13(2)20-12)19(27)25-9-7-24(8-10-25)16-6-5-15-21-22-18(26(15)23-16)14-4-3-11-28-14/h3-6,11H,7-10H2,1-2H3. The summed E-state index contributed by atoms with van der Waals surface area (Å²) in [7, 11) is 0. The minimum atomic E-state index is 0.0649. The van der Waals surface area contributed by atoms with Crippen molar-refractivity contribution in [2.45, 2.75) is 13.8 Å². The Bertz CT molecular complexity index is 1170. The van der Waals surface area contributed by atoms with E-state index in [1.165, 1.54) is 11.3 Å². The average Bonchev–Trinajstić information content (AvgIpc) is 3.46. The Hall–Kier alpha value is -3.27. The van der Waals surface area contributed by atoms with Crippen molar-refractivity contribution in [2.75, 3.05) is 31.1 Å². The number of thiazole rings is 1. The number of hydrogen-bond donors (Lipinski definition) is 0. The molecule has 9 nitrogen and oxygen atoms in total. The molecule has 0 unspecified atom stereocenters. The maximum Gasteiger partial charge on any atom is 0.265 e. The van der Waals surface area contributed by atoms with E-state index in [0.29, 0.717) is 43.4 Å². The van der Waals surface area contributed by atoms with E-state index in [9.17, 15) is 4.79 Å². The first kappa shape index (κ1) is 17.8. The smallest absolute Gasteiger partial charge is 0.265 e. The molecule has 1 saturated heterocycles. The molecule has 0 bridgehead atoms. The number of hydrogen-bond acceptors (Lipinski definition) is 8. The van der Waals surface area contributed by atoms with Gasteiger partial charge in [0, 0.05) is 26.2 Å². The third-order valence-electron chi connectivity index (χ3n) is 4.98. The van der Waals surface area contributed by atoms with Gasteiger partial charge in [0.2, 0.25) is 5.82 Å². The molecule has 1 aliphatic heterocycles. The van der Waals surface area contributed by atoms with E-state index in [2.05, 4.69) is 20.1 Å². The molecule has 0 spiro atoms. The fourth-order valence-corrected chi connectivity index (χ4v) is 4.41. The highest BCUT2D eigenvalue weighted by molar-refractivity contribution is 7.13. The molecule has 29 heavy (non-hydrogen) atoms. The molecule has 1 aliphatic rings. The van der Waals surface area contributed by atoms with Gasteiger partial charge in [0.25, 0.3) is 5.91 Å². The van der Waals surface area contributed by atoms with E-state index in [4.69, 9.17) is 9.52 Å². The maximum absolute atomic E-state index is 12.8. The number of aromatic nitrogens is 5. The number of piperazine rings is 1. The molecule has 0 atom stereocenters. The number of amides is 1. The van der Waals surface area contributed by atoms with Gasteiger partial charge < -0.3 is 14.2 Å². The van der Waals surface area contributed by atoms with Gasteiger partial charge >= 0.3 is 0 Å². The maximum atomic E-state index is 12.8. The predicted molar refractivity (Wildman–Crippen MR) is 108 cm³/mol. The number of aryl methyl sites for hydroxylation is 2. The third kappa shape index (κ3) is 3.15. The molecule has 148 valence electrons. The van der Waals surface area contributed by atoms with Gasteiger partial charge in [-0.2, -0.15) is 4.52 Å². The second kappa shape index (κ2) is 6.96. The summed E-state index contributed by atoms with van der Waals surface area (Å²) in [6.07, 6.45) is 1.60. The molecule has 10 heteroatoms. The Morgan fingerprint density at radius 2 is 1.93 bits per heavy atom. The second-order valence-electron chi connectivity index (χ2n) is 6.89. The molecule has 1 amide bonds. The molecule has 0 aromatic carbocycles. The summed E-state index contributed by atoms with van der Waals surface area (Å²) >= 11 is 1.46. The summed E-state index contributed by atoms with van der Waals surface area (Å²) < 4.78 is 7.13. The number of rotatable bonds is 3. The highest BCUT2D eigenvalue weighted by atomic mass is 32.1. The van der Waals surface area contributed by atoms with Crippen molar-refractivity contribution in [1.29, 1.82) is 0 Å². The van der Waals surface area contributed by atoms with Gasteiger partial charge in [-0.15, -0.1) is 26.6 Å². The van der Waals surface area contributed by atoms with Crippen LogP contribution in [0.1, 0.15) is 20.4 Å². The van der Waals surface area contributed by atoms with Gasteiger partial charge in [-0.05, 0) is 38.1 Å². The third-order valence-corrected chi connectivity index (χ3v) is 6.04. The van der Waals surface area contributed by atoms with Gasteiger partial charge in [-0.25, -0.2) is 4.98 Å². The van der Waals surface area contributed by atoms with Crippen LogP contribution in [0.15, 0.2) is 34.9 Å². The Morgan fingerprint density at radius 1 is 1.10 bits per heavy atom. The molecule has 0 N–H and O–H groups in total. The van der Waals surface area contributed by atoms with E-state index in [1.807, 2.05) is 43.0 Å². The summed E-state index contributed by atoms with van der Waals surface area (Å²) in [5, 5.41) is 14.0. The van der Waals surface area contributed by atoms with Crippen LogP contribution in [0.25, 0.3) is 17.2 Å². The summed E-state index contributed by atoms with van der Waals surface area (Å²) in [5.41, 5.74) is 1.47. The highest BCUT2D eigenvalue weighted by Gasteiger charge is 2.26. The van der Waals surface area contributed by atoms with Crippen LogP contribution in [0.3, 0.4) is 0 Å². The topological polar surface area (TPSA) is 92.7 Å². The van der Waals surface area contributed by atoms with Crippen molar-refractivity contribution in [3.63, 3.8) is 0 Å². The number of carbonyl (C=O) groups excluding carboxylic acids is 1. The quantitative estimate of drug-likeness (QED) is 0.513. The van der Waals surface area contributed by atoms with E-state index >= 15 is 0 Å². The molecule has 4 aromatic heterocycles. The van der Waals surface area contributed by atoms with Crippen LogP contribution < -0.4 is 4.90 Å². The van der Waals surface area contributed by atoms with Crippen LogP contribution in [0, 0.1) is 13.8 Å². The molecule has 4 aromatic rings. The monoisotopic (exact) mass is 409 g/mol. The summed E-state index contributed by atoms with van der Waals surface area (Å²) in [6.45, 7) is 6.51. The summed E-state index contributed by atoms with van der Waals surface area (Å²) in [6, 6.07) is 7.47. The fraction of sp³-hybridized carbons (Fsp3) is 0.316. The Morgan fingerprint density at radius 3 is 2.62 bits per heavy atom. The first-order chi connectivity index (χ1) is 14.1. The zero-order chi connectivity index (χ0) is 20.0. The summed E-state index contributed by atoms with van der Waals surface area (Å²) in [5.74, 6) is 2.07. The lowest BCUT2D eigenvalue weighted by Gasteiger charge is -2.35. The van der Waals surface area contributed by atoms with Crippen LogP contribution in [0.4, 0.5) is 5.82 Å². The van der Waals surface area contributed by atoms with Crippen molar-refractivity contribution >= 4 is 28.7 Å². The van der Waals surface area contributed by atoms with Crippen molar-refractivity contribution < 1.29 is 9.21 Å². The van der Waals surface area contributed by atoms with Crippen molar-refractivity contribution in [2.24, 2.45) is 0 Å². The van der Waals surface area contributed by atoms with Crippen LogP contribution in [0.2, 0.25) is 0 Å². The molecule has 1 fully saturated rings.